The summed E-state index contributed by atoms with van der Waals surface area (Å²) in [6.45, 7) is 4.40. The van der Waals surface area contributed by atoms with E-state index in [1.807, 2.05) is 12.1 Å². The molecule has 0 unspecified atom stereocenters. The van der Waals surface area contributed by atoms with Gasteiger partial charge < -0.3 is 24.2 Å². The van der Waals surface area contributed by atoms with Gasteiger partial charge in [-0.1, -0.05) is 152 Å². The van der Waals surface area contributed by atoms with Crippen molar-refractivity contribution in [3.8, 4) is 34.5 Å². The predicted octanol–water partition coefficient (Wildman–Crippen LogP) is 10.9. The third kappa shape index (κ3) is 18.3. The summed E-state index contributed by atoms with van der Waals surface area (Å²) in [5.41, 5.74) is 1.35. The van der Waals surface area contributed by atoms with Crippen molar-refractivity contribution < 1.29 is 45.6 Å². The summed E-state index contributed by atoms with van der Waals surface area (Å²) in [5.74, 6) is -0.477. The minimum absolute atomic E-state index is 0. The average molecular weight is 851 g/mol. The van der Waals surface area contributed by atoms with E-state index in [9.17, 15) is 36.2 Å². The summed E-state index contributed by atoms with van der Waals surface area (Å²) in [4.78, 5) is -1.31. The Labute approximate surface area is 370 Å². The molecule has 4 rings (SSSR count). The molecule has 0 aromatic heterocycles. The van der Waals surface area contributed by atoms with E-state index >= 15 is 0 Å². The van der Waals surface area contributed by atoms with Crippen LogP contribution in [0, 0.1) is 0 Å². The molecular weight excluding hydrogens is 793 g/mol. The van der Waals surface area contributed by atoms with Crippen LogP contribution < -0.4 is 14.6 Å². The van der Waals surface area contributed by atoms with E-state index in [-0.39, 0.29) is 49.2 Å². The van der Waals surface area contributed by atoms with Crippen LogP contribution in [0.3, 0.4) is 0 Å². The van der Waals surface area contributed by atoms with Crippen molar-refractivity contribution in [2.45, 2.75) is 139 Å². The van der Waals surface area contributed by atoms with Crippen LogP contribution in [0.25, 0.3) is 0 Å². The smallest absolute Gasteiger partial charge is 0.869 e. The van der Waals surface area contributed by atoms with E-state index < -0.39 is 41.5 Å². The topological polar surface area (TPSA) is 173 Å². The second kappa shape index (κ2) is 27.0. The van der Waals surface area contributed by atoms with Gasteiger partial charge in [0.15, 0.2) is 11.5 Å². The molecule has 0 radical (unpaired) electrons. The third-order valence-electron chi connectivity index (χ3n) is 9.41. The Kier molecular flexibility index (Phi) is 23.8. The van der Waals surface area contributed by atoms with Gasteiger partial charge in [-0.3, -0.25) is 4.55 Å². The normalized spacial score (nSPS) is 11.3. The number of ether oxygens (including phenoxy) is 2. The monoisotopic (exact) mass is 850 g/mol. The molecule has 308 valence electrons. The largest absolute Gasteiger partial charge is 2.00 e. The summed E-state index contributed by atoms with van der Waals surface area (Å²) < 4.78 is 77.9. The Bertz CT molecular complexity index is 1810. The van der Waals surface area contributed by atoms with Gasteiger partial charge in [0.05, 0.1) is 4.90 Å². The molecule has 4 aromatic carbocycles. The first-order chi connectivity index (χ1) is 26.9. The molecule has 57 heavy (non-hydrogen) atoms. The number of unbranched alkanes of at least 4 members (excludes halogenated alkanes) is 14. The van der Waals surface area contributed by atoms with Crippen LogP contribution in [0.1, 0.15) is 128 Å². The molecule has 0 aliphatic rings. The van der Waals surface area contributed by atoms with Crippen molar-refractivity contribution in [1.82, 2.24) is 0 Å². The Morgan fingerprint density at radius 2 is 0.895 bits per heavy atom. The Balaban J connectivity index is 0.000000387. The molecule has 4 aromatic rings. The summed E-state index contributed by atoms with van der Waals surface area (Å²) in [5, 5.41) is 23.0. The fourth-order valence-corrected chi connectivity index (χ4v) is 7.45. The number of benzene rings is 4. The van der Waals surface area contributed by atoms with Gasteiger partial charge in [-0.25, -0.2) is 8.42 Å². The molecule has 0 fully saturated rings. The zero-order valence-corrected chi connectivity index (χ0v) is 37.3. The number of phenolic OH excluding ortho intramolecular Hbond substituents is 1. The van der Waals surface area contributed by atoms with Gasteiger partial charge in [0.2, 0.25) is 0 Å². The van der Waals surface area contributed by atoms with Gasteiger partial charge >= 0.3 is 37.7 Å². The minimum Gasteiger partial charge on any atom is -0.869 e. The summed E-state index contributed by atoms with van der Waals surface area (Å²) in [6, 6.07) is 23.0. The molecular formula is C44H58CaO10S2. The number of para-hydroxylation sites is 2. The van der Waals surface area contributed by atoms with Gasteiger partial charge in [0.1, 0.15) is 32.3 Å². The molecule has 13 heteroatoms. The molecule has 0 bridgehead atoms. The summed E-state index contributed by atoms with van der Waals surface area (Å²) in [7, 11) is -9.38. The maximum atomic E-state index is 12.6. The van der Waals surface area contributed by atoms with Crippen molar-refractivity contribution in [3.63, 3.8) is 0 Å². The summed E-state index contributed by atoms with van der Waals surface area (Å²) in [6.07, 6.45) is 20.0. The first kappa shape index (κ1) is 50.3. The van der Waals surface area contributed by atoms with Gasteiger partial charge in [-0.15, -0.1) is 0 Å². The van der Waals surface area contributed by atoms with E-state index in [0.29, 0.717) is 29.9 Å². The number of rotatable bonds is 24. The standard InChI is InChI=1S/2C22H30O5S.Ca/c2*1-2-3-4-5-6-7-8-10-13-18-16-17-20(28(24,25)26)21(23)22(18)27-19-14-11-9-12-15-19;/h2*9,11-12,14-17,23H,2-8,10,13H2,1H3,(H,24,25,26);/q;;+2/p-2. The molecule has 10 nitrogen and oxygen atoms in total. The number of aromatic hydroxyl groups is 1. The Morgan fingerprint density at radius 1 is 0.526 bits per heavy atom. The molecule has 2 N–H and O–H groups in total. The molecule has 0 saturated heterocycles. The van der Waals surface area contributed by atoms with Crippen molar-refractivity contribution >= 4 is 58.0 Å². The van der Waals surface area contributed by atoms with Crippen LogP contribution in [0.4, 0.5) is 0 Å². The van der Waals surface area contributed by atoms with Crippen LogP contribution in [-0.2, 0) is 33.1 Å². The van der Waals surface area contributed by atoms with Crippen LogP contribution in [-0.4, -0.2) is 68.8 Å². The fourth-order valence-electron chi connectivity index (χ4n) is 6.32. The van der Waals surface area contributed by atoms with Crippen LogP contribution in [0.2, 0.25) is 0 Å². The first-order valence-electron chi connectivity index (χ1n) is 19.9. The second-order valence-electron chi connectivity index (χ2n) is 14.0. The molecule has 0 saturated carbocycles. The maximum Gasteiger partial charge on any atom is 2.00 e. The fraction of sp³-hybridized carbons (Fsp3) is 0.455. The first-order valence-corrected chi connectivity index (χ1v) is 22.8. The van der Waals surface area contributed by atoms with E-state index in [1.54, 1.807) is 54.6 Å². The maximum absolute atomic E-state index is 12.6. The SMILES string of the molecule is CCCCCCCCCCc1ccc(S(=O)(=O)O)c(O)c1Oc1ccccc1.CCCCCCCCCCc1ccc(S(=O)(=O)[O-])c([O-])c1Oc1ccccc1.[Ca+2]. The van der Waals surface area contributed by atoms with Gasteiger partial charge in [-0.2, -0.15) is 8.42 Å². The minimum atomic E-state index is -4.85. The van der Waals surface area contributed by atoms with Crippen LogP contribution in [0.5, 0.6) is 34.5 Å². The van der Waals surface area contributed by atoms with Gasteiger partial charge in [0.25, 0.3) is 10.1 Å². The Hall–Kier alpha value is -2.84. The third-order valence-corrected chi connectivity index (χ3v) is 11.2. The van der Waals surface area contributed by atoms with Crippen LogP contribution >= 0.6 is 0 Å². The molecule has 0 atom stereocenters. The predicted molar refractivity (Wildman–Crippen MR) is 223 cm³/mol. The number of hydrogen-bond donors (Lipinski definition) is 2. The van der Waals surface area contributed by atoms with Gasteiger partial charge in [-0.05, 0) is 79.0 Å². The molecule has 0 heterocycles. The molecule has 0 aliphatic heterocycles. The number of phenols is 1. The van der Waals surface area contributed by atoms with Gasteiger partial charge in [0, 0.05) is 0 Å². The average Bonchev–Trinajstić information content (AvgIpc) is 3.16. The Morgan fingerprint density at radius 3 is 1.30 bits per heavy atom. The van der Waals surface area contributed by atoms with Crippen molar-refractivity contribution in [2.75, 3.05) is 0 Å². The zero-order chi connectivity index (χ0) is 40.8. The van der Waals surface area contributed by atoms with E-state index in [2.05, 4.69) is 13.8 Å². The van der Waals surface area contributed by atoms with Crippen molar-refractivity contribution in [2.24, 2.45) is 0 Å². The molecule has 0 aliphatic carbocycles. The molecule has 0 amide bonds. The second-order valence-corrected chi connectivity index (χ2v) is 16.7. The summed E-state index contributed by atoms with van der Waals surface area (Å²) >= 11 is 0. The van der Waals surface area contributed by atoms with E-state index in [1.165, 1.54) is 76.3 Å². The van der Waals surface area contributed by atoms with E-state index in [0.717, 1.165) is 50.2 Å². The van der Waals surface area contributed by atoms with Crippen LogP contribution in [0.15, 0.2) is 94.7 Å². The van der Waals surface area contributed by atoms with Crippen molar-refractivity contribution in [1.29, 1.82) is 0 Å². The zero-order valence-electron chi connectivity index (χ0n) is 33.5. The quantitative estimate of drug-likeness (QED) is 0.0392. The molecule has 0 spiro atoms. The number of aryl methyl sites for hydroxylation is 2. The van der Waals surface area contributed by atoms with E-state index in [4.69, 9.17) is 9.47 Å². The van der Waals surface area contributed by atoms with Crippen molar-refractivity contribution in [3.05, 3.63) is 96.1 Å². The number of hydrogen-bond acceptors (Lipinski definition) is 9.